The maximum atomic E-state index is 2.63. The minimum atomic E-state index is -1.01. The van der Waals surface area contributed by atoms with Crippen LogP contribution in [0, 0.1) is 53.3 Å². The topological polar surface area (TPSA) is 0 Å². The molecule has 4 heteroatoms. The third-order valence-electron chi connectivity index (χ3n) is 14.4. The van der Waals surface area contributed by atoms with E-state index in [0.717, 1.165) is 6.42 Å². The summed E-state index contributed by atoms with van der Waals surface area (Å²) in [7, 11) is -1.01. The van der Waals surface area contributed by atoms with Crippen molar-refractivity contribution in [3.05, 3.63) is 166 Å². The Morgan fingerprint density at radius 1 is 0.782 bits per heavy atom. The number of halogens is 2. The van der Waals surface area contributed by atoms with Gasteiger partial charge in [-0.25, -0.2) is 17.2 Å². The molecule has 0 aromatic heterocycles. The molecule has 290 valence electrons. The molecule has 0 nitrogen and oxygen atoms in total. The first-order valence-electron chi connectivity index (χ1n) is 20.1. The van der Waals surface area contributed by atoms with E-state index in [1.807, 2.05) is 0 Å². The predicted octanol–water partition coefficient (Wildman–Crippen LogP) is 6.75. The average molecular weight is 865 g/mol. The Labute approximate surface area is 362 Å². The van der Waals surface area contributed by atoms with Crippen molar-refractivity contribution in [3.8, 4) is 0 Å². The fourth-order valence-corrected chi connectivity index (χ4v) is 12.3. The van der Waals surface area contributed by atoms with E-state index >= 15 is 0 Å². The number of hydrogen-bond acceptors (Lipinski definition) is 0. The molecule has 0 saturated heterocycles. The van der Waals surface area contributed by atoms with Gasteiger partial charge in [-0.05, 0) is 34.7 Å². The van der Waals surface area contributed by atoms with Gasteiger partial charge in [0.25, 0.3) is 0 Å². The third kappa shape index (κ3) is 8.06. The van der Waals surface area contributed by atoms with Crippen LogP contribution in [-0.4, -0.2) is 11.3 Å². The van der Waals surface area contributed by atoms with E-state index in [2.05, 4.69) is 197 Å². The average Bonchev–Trinajstić information content (AvgIpc) is 3.77. The zero-order valence-corrected chi connectivity index (χ0v) is 40.3. The Morgan fingerprint density at radius 2 is 1.33 bits per heavy atom. The van der Waals surface area contributed by atoms with E-state index in [-0.39, 0.29) is 35.6 Å². The van der Waals surface area contributed by atoms with Crippen LogP contribution in [0.1, 0.15) is 83.2 Å². The molecule has 1 fully saturated rings. The third-order valence-corrected chi connectivity index (χ3v) is 17.9. The van der Waals surface area contributed by atoms with Gasteiger partial charge in [0, 0.05) is 13.5 Å². The molecule has 7 unspecified atom stereocenters. The first kappa shape index (κ1) is 45.4. The summed E-state index contributed by atoms with van der Waals surface area (Å²) in [5, 5.41) is 1.57. The van der Waals surface area contributed by atoms with Gasteiger partial charge in [-0.1, -0.05) is 140 Å². The van der Waals surface area contributed by atoms with Gasteiger partial charge in [0.15, 0.2) is 0 Å². The van der Waals surface area contributed by atoms with Gasteiger partial charge in [-0.2, -0.15) is 28.8 Å². The van der Waals surface area contributed by atoms with Gasteiger partial charge in [0.1, 0.15) is 0 Å². The number of rotatable bonds is 3. The SMILES string of the molecule is C[C-]1C2=C3Cc4ccccc4C3=C3C=CC(C)C(C)C3(C)C2(C)C(C)C(C)C1C.Cc1cc([Si](C)(C)C)c[cH-]1.[Cl-].[Cl-].[Zr+2]=[C](c1ccccc1)c1ccccc1. The molecule has 0 heterocycles. The van der Waals surface area contributed by atoms with Crippen LogP contribution in [0.4, 0.5) is 0 Å². The van der Waals surface area contributed by atoms with Gasteiger partial charge >= 0.3 is 99.2 Å². The van der Waals surface area contributed by atoms with Crippen molar-refractivity contribution in [1.29, 1.82) is 0 Å². The zero-order valence-electron chi connectivity index (χ0n) is 35.3. The van der Waals surface area contributed by atoms with E-state index in [1.54, 1.807) is 33.4 Å². The minimum absolute atomic E-state index is 0. The summed E-state index contributed by atoms with van der Waals surface area (Å²) >= 11 is 1.46. The van der Waals surface area contributed by atoms with Crippen molar-refractivity contribution < 1.29 is 49.0 Å². The van der Waals surface area contributed by atoms with Crippen LogP contribution in [0.5, 0.6) is 0 Å². The molecule has 55 heavy (non-hydrogen) atoms. The van der Waals surface area contributed by atoms with Crippen LogP contribution in [0.25, 0.3) is 5.57 Å². The molecular formula is C51H62Cl2SiZr-2. The van der Waals surface area contributed by atoms with Crippen LogP contribution >= 0.6 is 0 Å². The Kier molecular flexibility index (Phi) is 14.6. The molecule has 7 atom stereocenters. The second-order valence-electron chi connectivity index (χ2n) is 18.0. The van der Waals surface area contributed by atoms with Crippen molar-refractivity contribution >= 4 is 22.0 Å². The van der Waals surface area contributed by atoms with E-state index in [1.165, 1.54) is 55.3 Å². The number of aryl methyl sites for hydroxylation is 1. The first-order chi connectivity index (χ1) is 25.0. The summed E-state index contributed by atoms with van der Waals surface area (Å²) in [4.78, 5) is 0. The quantitative estimate of drug-likeness (QED) is 0.158. The zero-order chi connectivity index (χ0) is 38.5. The molecule has 4 aromatic rings. The summed E-state index contributed by atoms with van der Waals surface area (Å²) < 4.78 is 1.42. The van der Waals surface area contributed by atoms with Crippen LogP contribution in [0.2, 0.25) is 19.6 Å². The molecular weight excluding hydrogens is 803 g/mol. The Morgan fingerprint density at radius 3 is 1.84 bits per heavy atom. The normalized spacial score (nSPS) is 27.5. The number of benzene rings is 3. The Balaban J connectivity index is 0.000000215. The van der Waals surface area contributed by atoms with Crippen molar-refractivity contribution in [2.45, 2.75) is 88.4 Å². The van der Waals surface area contributed by atoms with E-state index in [9.17, 15) is 0 Å². The van der Waals surface area contributed by atoms with E-state index in [0.29, 0.717) is 29.6 Å². The van der Waals surface area contributed by atoms with Crippen LogP contribution < -0.4 is 30.0 Å². The summed E-state index contributed by atoms with van der Waals surface area (Å²) in [6, 6.07) is 37.1. The molecule has 0 bridgehead atoms. The number of allylic oxidation sites excluding steroid dienone is 6. The van der Waals surface area contributed by atoms with Crippen LogP contribution in [0.15, 0.2) is 132 Å². The Bertz CT molecular complexity index is 2000. The van der Waals surface area contributed by atoms with Gasteiger partial charge in [0.2, 0.25) is 0 Å². The van der Waals surface area contributed by atoms with Crippen molar-refractivity contribution in [3.63, 3.8) is 0 Å². The molecule has 0 spiro atoms. The summed E-state index contributed by atoms with van der Waals surface area (Å²) in [6.45, 7) is 29.5. The predicted molar refractivity (Wildman–Crippen MR) is 230 cm³/mol. The van der Waals surface area contributed by atoms with Crippen molar-refractivity contribution in [2.24, 2.45) is 40.4 Å². The van der Waals surface area contributed by atoms with Gasteiger partial charge in [0.05, 0.1) is 0 Å². The fraction of sp³-hybridized carbons (Fsp3) is 0.392. The maximum absolute atomic E-state index is 2.63. The Hall–Kier alpha value is -2.35. The molecule has 4 aromatic carbocycles. The van der Waals surface area contributed by atoms with Crippen molar-refractivity contribution in [2.75, 3.05) is 0 Å². The molecule has 0 radical (unpaired) electrons. The van der Waals surface area contributed by atoms with Gasteiger partial charge < -0.3 is 24.8 Å². The molecule has 0 N–H and O–H groups in total. The van der Waals surface area contributed by atoms with Gasteiger partial charge in [-0.15, -0.1) is 6.92 Å². The molecule has 4 aliphatic carbocycles. The van der Waals surface area contributed by atoms with Crippen LogP contribution in [-0.2, 0) is 30.7 Å². The number of fused-ring (bicyclic) bond motifs is 6. The fourth-order valence-electron chi connectivity index (χ4n) is 10.2. The van der Waals surface area contributed by atoms with E-state index in [4.69, 9.17) is 0 Å². The molecule has 4 aliphatic rings. The monoisotopic (exact) mass is 862 g/mol. The molecule has 1 saturated carbocycles. The van der Waals surface area contributed by atoms with E-state index < -0.39 is 8.07 Å². The summed E-state index contributed by atoms with van der Waals surface area (Å²) in [5.74, 6) is 4.93. The molecule has 8 rings (SSSR count). The molecule has 0 aliphatic heterocycles. The van der Waals surface area contributed by atoms with Gasteiger partial charge in [-0.3, -0.25) is 0 Å². The van der Waals surface area contributed by atoms with Crippen LogP contribution in [0.3, 0.4) is 0 Å². The standard InChI is InChI=1S/C29H37.C13H10.C9H15Si.2ClH.Zr/c1-16-13-14-25-26-23-12-10-9-11-22(23)15-24(26)27-19(4)17(2)18(3)21(6)29(27,8)28(25,7)20(16)5;1-3-7-12(8-4-1)11-13-9-5-2-6-10-13;1-8-5-6-9(7-8)10(2,3)4;;;/h9-14,16-18,20-21H,15H2,1-8H3;1-10H;5-7H,1-4H3;2*1H;/q-1;;-1;;;+2/p-2. The summed E-state index contributed by atoms with van der Waals surface area (Å²) in [6.07, 6.45) is 6.12. The second kappa shape index (κ2) is 17.6. The van der Waals surface area contributed by atoms with Crippen molar-refractivity contribution in [1.82, 2.24) is 0 Å². The number of hydrogen-bond donors (Lipinski definition) is 0. The molecule has 0 amide bonds. The second-order valence-corrected chi connectivity index (χ2v) is 24.3. The summed E-state index contributed by atoms with van der Waals surface area (Å²) in [5.41, 5.74) is 14.0. The first-order valence-corrected chi connectivity index (χ1v) is 24.8.